The molecule has 2 aromatic rings. The highest BCUT2D eigenvalue weighted by Gasteiger charge is 2.18. The Morgan fingerprint density at radius 2 is 1.95 bits per heavy atom. The second kappa shape index (κ2) is 5.53. The zero-order chi connectivity index (χ0) is 13.1. The van der Waals surface area contributed by atoms with Crippen molar-refractivity contribution in [3.05, 3.63) is 53.9 Å². The lowest BCUT2D eigenvalue weighted by molar-refractivity contribution is 0.442. The summed E-state index contributed by atoms with van der Waals surface area (Å²) in [6.45, 7) is 2.92. The molecule has 19 heavy (non-hydrogen) atoms. The van der Waals surface area contributed by atoms with E-state index >= 15 is 0 Å². The van der Waals surface area contributed by atoms with Crippen molar-refractivity contribution < 1.29 is 4.39 Å². The Morgan fingerprint density at radius 1 is 1.21 bits per heavy atom. The Labute approximate surface area is 112 Å². The molecule has 0 amide bonds. The molecule has 0 radical (unpaired) electrons. The monoisotopic (exact) mass is 259 g/mol. The molecule has 0 spiro atoms. The van der Waals surface area contributed by atoms with Crippen LogP contribution >= 0.6 is 0 Å². The second-order valence-corrected chi connectivity index (χ2v) is 5.10. The van der Waals surface area contributed by atoms with Crippen molar-refractivity contribution in [1.29, 1.82) is 0 Å². The van der Waals surface area contributed by atoms with Crippen molar-refractivity contribution >= 4 is 0 Å². The summed E-state index contributed by atoms with van der Waals surface area (Å²) in [6.07, 6.45) is 6.17. The van der Waals surface area contributed by atoms with Gasteiger partial charge in [0.25, 0.3) is 0 Å². The summed E-state index contributed by atoms with van der Waals surface area (Å²) < 4.78 is 15.1. The second-order valence-electron chi connectivity index (χ2n) is 5.10. The van der Waals surface area contributed by atoms with Gasteiger partial charge in [-0.3, -0.25) is 0 Å². The highest BCUT2D eigenvalue weighted by Crippen LogP contribution is 2.25. The van der Waals surface area contributed by atoms with Crippen LogP contribution in [0.1, 0.15) is 30.0 Å². The van der Waals surface area contributed by atoms with Gasteiger partial charge in [0.05, 0.1) is 6.33 Å². The van der Waals surface area contributed by atoms with Gasteiger partial charge in [-0.1, -0.05) is 12.1 Å². The molecular formula is C15H18FN3. The number of nitrogens with zero attached hydrogens (tertiary/aromatic N) is 2. The van der Waals surface area contributed by atoms with Crippen molar-refractivity contribution in [1.82, 2.24) is 14.9 Å². The van der Waals surface area contributed by atoms with Crippen molar-refractivity contribution in [3.63, 3.8) is 0 Å². The van der Waals surface area contributed by atoms with E-state index in [4.69, 9.17) is 0 Å². The third-order valence-corrected chi connectivity index (χ3v) is 3.77. The molecule has 1 aromatic heterocycles. The van der Waals surface area contributed by atoms with Crippen LogP contribution < -0.4 is 5.32 Å². The first-order valence-electron chi connectivity index (χ1n) is 6.78. The number of piperidine rings is 1. The molecule has 3 rings (SSSR count). The number of hydrogen-bond acceptors (Lipinski definition) is 2. The number of rotatable bonds is 3. The van der Waals surface area contributed by atoms with Crippen molar-refractivity contribution in [2.45, 2.75) is 25.3 Å². The minimum Gasteiger partial charge on any atom is -0.330 e. The van der Waals surface area contributed by atoms with Gasteiger partial charge in [0.2, 0.25) is 0 Å². The molecule has 1 aromatic carbocycles. The van der Waals surface area contributed by atoms with Gasteiger partial charge in [0, 0.05) is 24.4 Å². The molecule has 1 saturated heterocycles. The summed E-state index contributed by atoms with van der Waals surface area (Å²) in [4.78, 5) is 4.28. The van der Waals surface area contributed by atoms with Gasteiger partial charge in [-0.15, -0.1) is 0 Å². The standard InChI is InChI=1S/C15H18FN3/c16-14-3-1-12(2-4-14)10-19-11-18-9-15(19)13-5-7-17-8-6-13/h1-4,9,11,13,17H,5-8,10H2. The van der Waals surface area contributed by atoms with Crippen LogP contribution in [-0.4, -0.2) is 22.6 Å². The molecule has 0 unspecified atom stereocenters. The normalized spacial score (nSPS) is 16.7. The first kappa shape index (κ1) is 12.4. The van der Waals surface area contributed by atoms with E-state index in [0.29, 0.717) is 5.92 Å². The quantitative estimate of drug-likeness (QED) is 0.918. The van der Waals surface area contributed by atoms with E-state index in [0.717, 1.165) is 38.0 Å². The summed E-state index contributed by atoms with van der Waals surface area (Å²) in [5, 5.41) is 3.38. The Hall–Kier alpha value is -1.68. The van der Waals surface area contributed by atoms with Crippen LogP contribution in [0.2, 0.25) is 0 Å². The van der Waals surface area contributed by atoms with Crippen molar-refractivity contribution in [3.8, 4) is 0 Å². The van der Waals surface area contributed by atoms with Gasteiger partial charge in [-0.2, -0.15) is 0 Å². The SMILES string of the molecule is Fc1ccc(Cn2cncc2C2CCNCC2)cc1. The van der Waals surface area contributed by atoms with Gasteiger partial charge >= 0.3 is 0 Å². The first-order chi connectivity index (χ1) is 9.33. The van der Waals surface area contributed by atoms with Gasteiger partial charge in [0.15, 0.2) is 0 Å². The molecule has 3 nitrogen and oxygen atoms in total. The van der Waals surface area contributed by atoms with Crippen LogP contribution in [0.5, 0.6) is 0 Å². The van der Waals surface area contributed by atoms with Crippen LogP contribution in [-0.2, 0) is 6.54 Å². The molecule has 1 aliphatic rings. The van der Waals surface area contributed by atoms with E-state index in [9.17, 15) is 4.39 Å². The van der Waals surface area contributed by atoms with Crippen molar-refractivity contribution in [2.75, 3.05) is 13.1 Å². The van der Waals surface area contributed by atoms with E-state index in [1.165, 1.54) is 17.8 Å². The molecule has 0 aliphatic carbocycles. The average molecular weight is 259 g/mol. The summed E-state index contributed by atoms with van der Waals surface area (Å²) >= 11 is 0. The fourth-order valence-electron chi connectivity index (χ4n) is 2.71. The van der Waals surface area contributed by atoms with E-state index in [2.05, 4.69) is 14.9 Å². The minimum absolute atomic E-state index is 0.187. The molecule has 0 bridgehead atoms. The number of imidazole rings is 1. The Kier molecular flexibility index (Phi) is 3.60. The lowest BCUT2D eigenvalue weighted by atomic mass is 9.95. The largest absolute Gasteiger partial charge is 0.330 e. The van der Waals surface area contributed by atoms with Crippen LogP contribution in [0, 0.1) is 5.82 Å². The number of nitrogens with one attached hydrogen (secondary N) is 1. The zero-order valence-electron chi connectivity index (χ0n) is 10.8. The maximum atomic E-state index is 12.9. The highest BCUT2D eigenvalue weighted by molar-refractivity contribution is 5.18. The van der Waals surface area contributed by atoms with Crippen LogP contribution in [0.3, 0.4) is 0 Å². The van der Waals surface area contributed by atoms with Gasteiger partial charge in [0.1, 0.15) is 5.82 Å². The predicted octanol–water partition coefficient (Wildman–Crippen LogP) is 2.54. The summed E-state index contributed by atoms with van der Waals surface area (Å²) in [5.74, 6) is 0.400. The summed E-state index contributed by atoms with van der Waals surface area (Å²) in [6, 6.07) is 6.69. The summed E-state index contributed by atoms with van der Waals surface area (Å²) in [7, 11) is 0. The zero-order valence-corrected chi connectivity index (χ0v) is 10.8. The van der Waals surface area contributed by atoms with Crippen LogP contribution in [0.15, 0.2) is 36.8 Å². The van der Waals surface area contributed by atoms with E-state index in [1.807, 2.05) is 24.7 Å². The average Bonchev–Trinajstić information content (AvgIpc) is 2.90. The predicted molar refractivity (Wildman–Crippen MR) is 72.6 cm³/mol. The maximum absolute atomic E-state index is 12.9. The Bertz CT molecular complexity index is 527. The molecule has 0 saturated carbocycles. The van der Waals surface area contributed by atoms with E-state index < -0.39 is 0 Å². The highest BCUT2D eigenvalue weighted by atomic mass is 19.1. The number of hydrogen-bond donors (Lipinski definition) is 1. The van der Waals surface area contributed by atoms with Crippen molar-refractivity contribution in [2.24, 2.45) is 0 Å². The maximum Gasteiger partial charge on any atom is 0.123 e. The third-order valence-electron chi connectivity index (χ3n) is 3.77. The summed E-state index contributed by atoms with van der Waals surface area (Å²) in [5.41, 5.74) is 2.40. The lowest BCUT2D eigenvalue weighted by Gasteiger charge is -2.23. The van der Waals surface area contributed by atoms with Gasteiger partial charge < -0.3 is 9.88 Å². The van der Waals surface area contributed by atoms with E-state index in [1.54, 1.807) is 0 Å². The van der Waals surface area contributed by atoms with Crippen LogP contribution in [0.4, 0.5) is 4.39 Å². The first-order valence-corrected chi connectivity index (χ1v) is 6.78. The molecule has 100 valence electrons. The van der Waals surface area contributed by atoms with Gasteiger partial charge in [-0.25, -0.2) is 9.37 Å². The van der Waals surface area contributed by atoms with Gasteiger partial charge in [-0.05, 0) is 43.6 Å². The Morgan fingerprint density at radius 3 is 2.68 bits per heavy atom. The minimum atomic E-state index is -0.187. The van der Waals surface area contributed by atoms with E-state index in [-0.39, 0.29) is 5.82 Å². The van der Waals surface area contributed by atoms with Crippen LogP contribution in [0.25, 0.3) is 0 Å². The smallest absolute Gasteiger partial charge is 0.123 e. The fraction of sp³-hybridized carbons (Fsp3) is 0.400. The topological polar surface area (TPSA) is 29.9 Å². The third kappa shape index (κ3) is 2.84. The number of aromatic nitrogens is 2. The number of halogens is 1. The Balaban J connectivity index is 1.77. The molecule has 1 N–H and O–H groups in total. The fourth-order valence-corrected chi connectivity index (χ4v) is 2.71. The lowest BCUT2D eigenvalue weighted by Crippen LogP contribution is -2.27. The molecule has 0 atom stereocenters. The molecular weight excluding hydrogens is 241 g/mol. The molecule has 1 aliphatic heterocycles. The molecule has 2 heterocycles. The molecule has 4 heteroatoms. The number of benzene rings is 1. The molecule has 1 fully saturated rings.